The lowest BCUT2D eigenvalue weighted by atomic mass is 10.0. The van der Waals surface area contributed by atoms with Gasteiger partial charge in [0, 0.05) is 11.3 Å². The van der Waals surface area contributed by atoms with Gasteiger partial charge in [-0.15, -0.1) is 0 Å². The first-order chi connectivity index (χ1) is 7.61. The van der Waals surface area contributed by atoms with Gasteiger partial charge in [-0.2, -0.15) is 0 Å². The summed E-state index contributed by atoms with van der Waals surface area (Å²) in [4.78, 5) is 4.37. The number of hydrogen-bond acceptors (Lipinski definition) is 2. The van der Waals surface area contributed by atoms with Crippen molar-refractivity contribution in [1.29, 1.82) is 0 Å². The van der Waals surface area contributed by atoms with Crippen LogP contribution in [-0.2, 0) is 0 Å². The maximum Gasteiger partial charge on any atom is 0.137 e. The van der Waals surface area contributed by atoms with Gasteiger partial charge >= 0.3 is 0 Å². The molecule has 0 fully saturated rings. The van der Waals surface area contributed by atoms with Crippen molar-refractivity contribution in [2.24, 2.45) is 0 Å². The third kappa shape index (κ3) is 1.85. The van der Waals surface area contributed by atoms with Gasteiger partial charge in [-0.25, -0.2) is 9.37 Å². The zero-order valence-corrected chi connectivity index (χ0v) is 9.37. The Labute approximate surface area is 93.8 Å². The van der Waals surface area contributed by atoms with Gasteiger partial charge in [0.1, 0.15) is 11.6 Å². The van der Waals surface area contributed by atoms with E-state index in [2.05, 4.69) is 4.98 Å². The summed E-state index contributed by atoms with van der Waals surface area (Å²) >= 11 is 0. The molecule has 0 radical (unpaired) electrons. The average Bonchev–Trinajstić information content (AvgIpc) is 2.27. The van der Waals surface area contributed by atoms with Crippen LogP contribution in [0.2, 0.25) is 0 Å². The quantitative estimate of drug-likeness (QED) is 0.837. The molecule has 1 unspecified atom stereocenters. The molecule has 0 aliphatic carbocycles. The van der Waals surface area contributed by atoms with E-state index in [0.717, 1.165) is 11.9 Å². The zero-order valence-electron chi connectivity index (χ0n) is 9.37. The van der Waals surface area contributed by atoms with E-state index in [0.29, 0.717) is 11.1 Å². The maximum atomic E-state index is 13.0. The molecule has 0 spiro atoms. The number of rotatable bonds is 2. The summed E-state index contributed by atoms with van der Waals surface area (Å²) in [6.45, 7) is 4.05. The molecule has 3 heteroatoms. The lowest BCUT2D eigenvalue weighted by Gasteiger charge is -2.11. The fourth-order valence-electron chi connectivity index (χ4n) is 1.71. The topological polar surface area (TPSA) is 33.1 Å². The summed E-state index contributed by atoms with van der Waals surface area (Å²) in [5.41, 5.74) is 1.40. The smallest absolute Gasteiger partial charge is 0.137 e. The van der Waals surface area contributed by atoms with Gasteiger partial charge in [0.05, 0.1) is 11.2 Å². The van der Waals surface area contributed by atoms with E-state index in [1.807, 2.05) is 13.8 Å². The predicted octanol–water partition coefficient (Wildman–Crippen LogP) is 3.59. The molecule has 2 nitrogen and oxygen atoms in total. The number of aromatic hydroxyl groups is 1. The van der Waals surface area contributed by atoms with E-state index in [1.165, 1.54) is 12.1 Å². The molecule has 1 N–H and O–H groups in total. The van der Waals surface area contributed by atoms with Gasteiger partial charge in [-0.1, -0.05) is 13.8 Å². The number of aromatic nitrogens is 1. The largest absolute Gasteiger partial charge is 0.506 e. The molecule has 1 aromatic carbocycles. The standard InChI is InChI=1S/C13H14FNO/c1-3-8(2)13-12(16)7-9-6-10(14)4-5-11(9)15-13/h4-8,16H,3H2,1-2H3. The minimum absolute atomic E-state index is 0.146. The van der Waals surface area contributed by atoms with Gasteiger partial charge < -0.3 is 5.11 Å². The Hall–Kier alpha value is -1.64. The van der Waals surface area contributed by atoms with E-state index in [4.69, 9.17) is 0 Å². The van der Waals surface area contributed by atoms with Crippen LogP contribution in [0, 0.1) is 5.82 Å². The lowest BCUT2D eigenvalue weighted by Crippen LogP contribution is -1.97. The first kappa shape index (κ1) is 10.9. The molecule has 0 saturated heterocycles. The van der Waals surface area contributed by atoms with Crippen LogP contribution < -0.4 is 0 Å². The molecule has 0 amide bonds. The Balaban J connectivity index is 2.62. The van der Waals surface area contributed by atoms with Gasteiger partial charge in [0.15, 0.2) is 0 Å². The summed E-state index contributed by atoms with van der Waals surface area (Å²) in [5.74, 6) is 0.0342. The maximum absolute atomic E-state index is 13.0. The predicted molar refractivity (Wildman–Crippen MR) is 62.1 cm³/mol. The van der Waals surface area contributed by atoms with Crippen LogP contribution in [0.25, 0.3) is 10.9 Å². The van der Waals surface area contributed by atoms with Crippen molar-refractivity contribution in [2.75, 3.05) is 0 Å². The first-order valence-corrected chi connectivity index (χ1v) is 5.41. The van der Waals surface area contributed by atoms with Crippen LogP contribution in [0.1, 0.15) is 31.9 Å². The normalized spacial score (nSPS) is 12.9. The Kier molecular flexibility index (Phi) is 2.77. The van der Waals surface area contributed by atoms with Crippen LogP contribution in [0.15, 0.2) is 24.3 Å². The fourth-order valence-corrected chi connectivity index (χ4v) is 1.71. The van der Waals surface area contributed by atoms with Crippen molar-refractivity contribution < 1.29 is 9.50 Å². The van der Waals surface area contributed by atoms with E-state index >= 15 is 0 Å². The Morgan fingerprint density at radius 3 is 2.81 bits per heavy atom. The van der Waals surface area contributed by atoms with Gasteiger partial charge in [0.25, 0.3) is 0 Å². The summed E-state index contributed by atoms with van der Waals surface area (Å²) in [6.07, 6.45) is 0.910. The molecule has 16 heavy (non-hydrogen) atoms. The molecule has 0 bridgehead atoms. The highest BCUT2D eigenvalue weighted by Gasteiger charge is 2.12. The number of fused-ring (bicyclic) bond motifs is 1. The van der Waals surface area contributed by atoms with E-state index in [-0.39, 0.29) is 17.5 Å². The van der Waals surface area contributed by atoms with Crippen LogP contribution in [0.5, 0.6) is 5.75 Å². The molecule has 84 valence electrons. The first-order valence-electron chi connectivity index (χ1n) is 5.41. The lowest BCUT2D eigenvalue weighted by molar-refractivity contribution is 0.458. The van der Waals surface area contributed by atoms with Gasteiger partial charge in [-0.3, -0.25) is 0 Å². The number of hydrogen-bond donors (Lipinski definition) is 1. The highest BCUT2D eigenvalue weighted by atomic mass is 19.1. The van der Waals surface area contributed by atoms with Crippen LogP contribution in [0.4, 0.5) is 4.39 Å². The van der Waals surface area contributed by atoms with Crippen molar-refractivity contribution in [3.05, 3.63) is 35.8 Å². The Bertz CT molecular complexity index is 525. The monoisotopic (exact) mass is 219 g/mol. The Morgan fingerprint density at radius 1 is 1.38 bits per heavy atom. The van der Waals surface area contributed by atoms with Crippen LogP contribution in [-0.4, -0.2) is 10.1 Å². The SMILES string of the molecule is CCC(C)c1nc2ccc(F)cc2cc1O. The molecule has 1 heterocycles. The Morgan fingerprint density at radius 2 is 2.12 bits per heavy atom. The summed E-state index contributed by atoms with van der Waals surface area (Å²) in [7, 11) is 0. The second kappa shape index (κ2) is 4.08. The summed E-state index contributed by atoms with van der Waals surface area (Å²) < 4.78 is 13.0. The van der Waals surface area contributed by atoms with Crippen LogP contribution in [0.3, 0.4) is 0 Å². The second-order valence-corrected chi connectivity index (χ2v) is 4.04. The third-order valence-corrected chi connectivity index (χ3v) is 2.86. The number of halogens is 1. The number of nitrogens with zero attached hydrogens (tertiary/aromatic N) is 1. The molecule has 0 saturated carbocycles. The van der Waals surface area contributed by atoms with Crippen molar-refractivity contribution in [3.8, 4) is 5.75 Å². The highest BCUT2D eigenvalue weighted by molar-refractivity contribution is 5.80. The molecule has 2 aromatic rings. The molecule has 1 aromatic heterocycles. The molecule has 0 aliphatic rings. The number of pyridine rings is 1. The molecule has 2 rings (SSSR count). The van der Waals surface area contributed by atoms with E-state index < -0.39 is 0 Å². The van der Waals surface area contributed by atoms with Crippen molar-refractivity contribution in [3.63, 3.8) is 0 Å². The molecule has 1 atom stereocenters. The summed E-state index contributed by atoms with van der Waals surface area (Å²) in [5, 5.41) is 10.4. The zero-order chi connectivity index (χ0) is 11.7. The van der Waals surface area contributed by atoms with E-state index in [1.54, 1.807) is 12.1 Å². The molecule has 0 aliphatic heterocycles. The average molecular weight is 219 g/mol. The third-order valence-electron chi connectivity index (χ3n) is 2.86. The van der Waals surface area contributed by atoms with Crippen molar-refractivity contribution in [1.82, 2.24) is 4.98 Å². The highest BCUT2D eigenvalue weighted by Crippen LogP contribution is 2.29. The van der Waals surface area contributed by atoms with Gasteiger partial charge in [0.2, 0.25) is 0 Å². The van der Waals surface area contributed by atoms with Crippen LogP contribution >= 0.6 is 0 Å². The van der Waals surface area contributed by atoms with Crippen molar-refractivity contribution in [2.45, 2.75) is 26.2 Å². The molecular formula is C13H14FNO. The minimum Gasteiger partial charge on any atom is -0.506 e. The van der Waals surface area contributed by atoms with Gasteiger partial charge in [-0.05, 0) is 30.7 Å². The minimum atomic E-state index is -0.315. The second-order valence-electron chi connectivity index (χ2n) is 4.04. The fraction of sp³-hybridized carbons (Fsp3) is 0.308. The summed E-state index contributed by atoms with van der Waals surface area (Å²) in [6, 6.07) is 5.97. The van der Waals surface area contributed by atoms with E-state index in [9.17, 15) is 9.50 Å². The molecular weight excluding hydrogens is 205 g/mol. The van der Waals surface area contributed by atoms with Crippen molar-refractivity contribution >= 4 is 10.9 Å². The number of benzene rings is 1.